The van der Waals surface area contributed by atoms with E-state index in [2.05, 4.69) is 15.9 Å². The molecule has 0 saturated heterocycles. The topological polar surface area (TPSA) is 37.3 Å². The minimum atomic E-state index is -0.923. The van der Waals surface area contributed by atoms with E-state index in [9.17, 15) is 4.79 Å². The Morgan fingerprint density at radius 1 is 1.46 bits per heavy atom. The highest BCUT2D eigenvalue weighted by Gasteiger charge is 2.01. The minimum absolute atomic E-state index is 0.736. The SMILES string of the molecule is C/C(=C/C(=O)O)c1ccccc1Br. The van der Waals surface area contributed by atoms with Gasteiger partial charge in [-0.3, -0.25) is 0 Å². The van der Waals surface area contributed by atoms with Gasteiger partial charge in [0.25, 0.3) is 0 Å². The van der Waals surface area contributed by atoms with Crippen molar-refractivity contribution in [2.45, 2.75) is 6.92 Å². The number of hydrogen-bond acceptors (Lipinski definition) is 1. The molecule has 3 heteroatoms. The Bertz CT molecular complexity index is 356. The van der Waals surface area contributed by atoms with Gasteiger partial charge in [-0.1, -0.05) is 34.1 Å². The highest BCUT2D eigenvalue weighted by Crippen LogP contribution is 2.23. The summed E-state index contributed by atoms with van der Waals surface area (Å²) < 4.78 is 0.907. The zero-order valence-corrected chi connectivity index (χ0v) is 8.71. The van der Waals surface area contributed by atoms with Gasteiger partial charge in [0.2, 0.25) is 0 Å². The molecule has 1 aromatic rings. The predicted octanol–water partition coefficient (Wildman–Crippen LogP) is 2.94. The van der Waals surface area contributed by atoms with Gasteiger partial charge in [0.15, 0.2) is 0 Å². The molecule has 0 bridgehead atoms. The monoisotopic (exact) mass is 240 g/mol. The van der Waals surface area contributed by atoms with Crippen LogP contribution in [0.15, 0.2) is 34.8 Å². The summed E-state index contributed by atoms with van der Waals surface area (Å²) in [6.07, 6.45) is 1.19. The smallest absolute Gasteiger partial charge is 0.328 e. The molecule has 0 saturated carbocycles. The van der Waals surface area contributed by atoms with Crippen molar-refractivity contribution < 1.29 is 9.90 Å². The van der Waals surface area contributed by atoms with E-state index in [-0.39, 0.29) is 0 Å². The second-order valence-corrected chi connectivity index (χ2v) is 3.50. The van der Waals surface area contributed by atoms with Gasteiger partial charge in [0.1, 0.15) is 0 Å². The Balaban J connectivity index is 3.08. The molecule has 68 valence electrons. The van der Waals surface area contributed by atoms with Crippen molar-refractivity contribution in [2.75, 3.05) is 0 Å². The van der Waals surface area contributed by atoms with Gasteiger partial charge in [-0.15, -0.1) is 0 Å². The number of carboxylic acids is 1. The maximum Gasteiger partial charge on any atom is 0.328 e. The third-order valence-corrected chi connectivity index (χ3v) is 2.33. The molecule has 0 heterocycles. The molecule has 0 aromatic heterocycles. The van der Waals surface area contributed by atoms with Crippen LogP contribution in [0.1, 0.15) is 12.5 Å². The van der Waals surface area contributed by atoms with Crippen LogP contribution in [0.3, 0.4) is 0 Å². The largest absolute Gasteiger partial charge is 0.478 e. The zero-order chi connectivity index (χ0) is 9.84. The quantitative estimate of drug-likeness (QED) is 0.808. The van der Waals surface area contributed by atoms with E-state index in [1.165, 1.54) is 6.08 Å². The van der Waals surface area contributed by atoms with Crippen molar-refractivity contribution in [1.82, 2.24) is 0 Å². The van der Waals surface area contributed by atoms with Gasteiger partial charge in [-0.05, 0) is 24.1 Å². The van der Waals surface area contributed by atoms with Crippen LogP contribution < -0.4 is 0 Å². The molecule has 0 atom stereocenters. The van der Waals surface area contributed by atoms with E-state index >= 15 is 0 Å². The molecule has 0 amide bonds. The van der Waals surface area contributed by atoms with Crippen LogP contribution in [0.5, 0.6) is 0 Å². The normalized spacial score (nSPS) is 11.4. The first-order chi connectivity index (χ1) is 6.11. The first kappa shape index (κ1) is 9.99. The van der Waals surface area contributed by atoms with Gasteiger partial charge < -0.3 is 5.11 Å². The lowest BCUT2D eigenvalue weighted by Crippen LogP contribution is -1.90. The average Bonchev–Trinajstić information content (AvgIpc) is 2.03. The lowest BCUT2D eigenvalue weighted by Gasteiger charge is -2.02. The number of aliphatic carboxylic acids is 1. The predicted molar refractivity (Wildman–Crippen MR) is 55.4 cm³/mol. The van der Waals surface area contributed by atoms with Crippen LogP contribution in [0.25, 0.3) is 5.57 Å². The van der Waals surface area contributed by atoms with Crippen molar-refractivity contribution >= 4 is 27.5 Å². The molecular weight excluding hydrogens is 232 g/mol. The summed E-state index contributed by atoms with van der Waals surface area (Å²) in [7, 11) is 0. The number of carbonyl (C=O) groups is 1. The summed E-state index contributed by atoms with van der Waals surface area (Å²) in [6.45, 7) is 1.77. The molecule has 0 radical (unpaired) electrons. The Morgan fingerprint density at radius 3 is 2.62 bits per heavy atom. The van der Waals surface area contributed by atoms with Gasteiger partial charge >= 0.3 is 5.97 Å². The van der Waals surface area contributed by atoms with Crippen LogP contribution in [-0.4, -0.2) is 11.1 Å². The highest BCUT2D eigenvalue weighted by atomic mass is 79.9. The lowest BCUT2D eigenvalue weighted by atomic mass is 10.1. The molecule has 0 unspecified atom stereocenters. The molecule has 1 N–H and O–H groups in total. The summed E-state index contributed by atoms with van der Waals surface area (Å²) in [4.78, 5) is 10.4. The third kappa shape index (κ3) is 2.70. The second kappa shape index (κ2) is 4.23. The summed E-state index contributed by atoms with van der Waals surface area (Å²) in [5.74, 6) is -0.923. The lowest BCUT2D eigenvalue weighted by molar-refractivity contribution is -0.131. The van der Waals surface area contributed by atoms with Gasteiger partial charge in [-0.25, -0.2) is 4.79 Å². The number of hydrogen-bond donors (Lipinski definition) is 1. The molecule has 0 aliphatic heterocycles. The van der Waals surface area contributed by atoms with Crippen LogP contribution in [0.2, 0.25) is 0 Å². The first-order valence-corrected chi connectivity index (χ1v) is 4.56. The van der Waals surface area contributed by atoms with E-state index in [1.54, 1.807) is 6.92 Å². The van der Waals surface area contributed by atoms with Crippen molar-refractivity contribution in [3.63, 3.8) is 0 Å². The number of carboxylic acid groups (broad SMARTS) is 1. The number of rotatable bonds is 2. The van der Waals surface area contributed by atoms with Crippen molar-refractivity contribution in [3.8, 4) is 0 Å². The van der Waals surface area contributed by atoms with E-state index < -0.39 is 5.97 Å². The zero-order valence-electron chi connectivity index (χ0n) is 7.12. The maximum absolute atomic E-state index is 10.4. The summed E-state index contributed by atoms with van der Waals surface area (Å²) in [6, 6.07) is 7.52. The van der Waals surface area contributed by atoms with Crippen LogP contribution in [-0.2, 0) is 4.79 Å². The molecular formula is C10H9BrO2. The fraction of sp³-hybridized carbons (Fsp3) is 0.100. The molecule has 0 aliphatic rings. The van der Waals surface area contributed by atoms with Crippen LogP contribution in [0, 0.1) is 0 Å². The van der Waals surface area contributed by atoms with E-state index in [4.69, 9.17) is 5.11 Å². The molecule has 1 aromatic carbocycles. The maximum atomic E-state index is 10.4. The van der Waals surface area contributed by atoms with E-state index in [1.807, 2.05) is 24.3 Å². The average molecular weight is 241 g/mol. The van der Waals surface area contributed by atoms with Gasteiger partial charge in [0.05, 0.1) is 0 Å². The first-order valence-electron chi connectivity index (χ1n) is 3.77. The molecule has 13 heavy (non-hydrogen) atoms. The van der Waals surface area contributed by atoms with Gasteiger partial charge in [-0.2, -0.15) is 0 Å². The Kier molecular flexibility index (Phi) is 3.25. The highest BCUT2D eigenvalue weighted by molar-refractivity contribution is 9.10. The van der Waals surface area contributed by atoms with E-state index in [0.29, 0.717) is 0 Å². The number of halogens is 1. The molecule has 2 nitrogen and oxygen atoms in total. The second-order valence-electron chi connectivity index (χ2n) is 2.65. The summed E-state index contributed by atoms with van der Waals surface area (Å²) in [5.41, 5.74) is 1.64. The van der Waals surface area contributed by atoms with Crippen LogP contribution in [0.4, 0.5) is 0 Å². The Morgan fingerprint density at radius 2 is 2.08 bits per heavy atom. The summed E-state index contributed by atoms with van der Waals surface area (Å²) in [5, 5.41) is 8.54. The molecule has 0 aliphatic carbocycles. The third-order valence-electron chi connectivity index (χ3n) is 1.64. The number of allylic oxidation sites excluding steroid dienone is 1. The molecule has 0 spiro atoms. The van der Waals surface area contributed by atoms with Crippen LogP contribution >= 0.6 is 15.9 Å². The molecule has 0 fully saturated rings. The Hall–Kier alpha value is -1.09. The standard InChI is InChI=1S/C10H9BrO2/c1-7(6-10(12)13)8-4-2-3-5-9(8)11/h2-6H,1H3,(H,12,13)/b7-6-. The van der Waals surface area contributed by atoms with E-state index in [0.717, 1.165) is 15.6 Å². The minimum Gasteiger partial charge on any atom is -0.478 e. The Labute approximate surface area is 85.0 Å². The van der Waals surface area contributed by atoms with Crippen molar-refractivity contribution in [3.05, 3.63) is 40.4 Å². The molecule has 1 rings (SSSR count). The number of benzene rings is 1. The van der Waals surface area contributed by atoms with Crippen molar-refractivity contribution in [2.24, 2.45) is 0 Å². The van der Waals surface area contributed by atoms with Crippen molar-refractivity contribution in [1.29, 1.82) is 0 Å². The fourth-order valence-electron chi connectivity index (χ4n) is 1.04. The van der Waals surface area contributed by atoms with Gasteiger partial charge in [0, 0.05) is 10.5 Å². The fourth-order valence-corrected chi connectivity index (χ4v) is 1.64. The summed E-state index contributed by atoms with van der Waals surface area (Å²) >= 11 is 3.35.